The van der Waals surface area contributed by atoms with Crippen molar-refractivity contribution in [2.24, 2.45) is 0 Å². The number of fused-ring (bicyclic) bond motifs is 1. The van der Waals surface area contributed by atoms with Crippen molar-refractivity contribution >= 4 is 16.8 Å². The summed E-state index contributed by atoms with van der Waals surface area (Å²) in [6.07, 6.45) is 2.00. The molecule has 0 spiro atoms. The van der Waals surface area contributed by atoms with Crippen molar-refractivity contribution in [3.05, 3.63) is 42.0 Å². The van der Waals surface area contributed by atoms with E-state index in [-0.39, 0.29) is 18.1 Å². The average Bonchev–Trinajstić information content (AvgIpc) is 2.72. The minimum atomic E-state index is -0.234. The van der Waals surface area contributed by atoms with Gasteiger partial charge in [-0.3, -0.25) is 0 Å². The minimum absolute atomic E-state index is 0.0588. The number of piperidine rings is 1. The number of carbonyl (C=O) groups excluding carboxylic acids is 1. The fourth-order valence-electron chi connectivity index (χ4n) is 3.95. The molecule has 1 aliphatic rings. The first-order chi connectivity index (χ1) is 13.5. The molecule has 0 aliphatic carbocycles. The summed E-state index contributed by atoms with van der Waals surface area (Å²) in [5, 5.41) is 5.27. The van der Waals surface area contributed by atoms with Gasteiger partial charge >= 0.3 is 6.03 Å². The summed E-state index contributed by atoms with van der Waals surface area (Å²) in [6, 6.07) is 12.0. The van der Waals surface area contributed by atoms with Gasteiger partial charge in [-0.15, -0.1) is 0 Å². The van der Waals surface area contributed by atoms with Gasteiger partial charge in [0.1, 0.15) is 5.75 Å². The first-order valence-electron chi connectivity index (χ1n) is 9.81. The van der Waals surface area contributed by atoms with Crippen LogP contribution < -0.4 is 10.1 Å². The van der Waals surface area contributed by atoms with Crippen LogP contribution in [0, 0.1) is 0 Å². The van der Waals surface area contributed by atoms with Gasteiger partial charge in [0.15, 0.2) is 0 Å². The van der Waals surface area contributed by atoms with Crippen LogP contribution in [-0.2, 0) is 4.74 Å². The van der Waals surface area contributed by atoms with E-state index in [0.717, 1.165) is 48.0 Å². The lowest BCUT2D eigenvalue weighted by molar-refractivity contribution is 0.133. The van der Waals surface area contributed by atoms with Gasteiger partial charge in [0, 0.05) is 25.6 Å². The van der Waals surface area contributed by atoms with Crippen molar-refractivity contribution in [3.63, 3.8) is 0 Å². The lowest BCUT2D eigenvalue weighted by Gasteiger charge is -2.36. The maximum absolute atomic E-state index is 13.0. The number of nitrogens with one attached hydrogen (secondary N) is 1. The molecule has 1 unspecified atom stereocenters. The first-order valence-corrected chi connectivity index (χ1v) is 9.81. The SMILES string of the molecule is COCC(NC(=O)N(C)C1CCN(C)CC1)c1ccc(OC)c2ccccc12. The molecule has 28 heavy (non-hydrogen) atoms. The molecule has 2 aromatic carbocycles. The number of hydrogen-bond acceptors (Lipinski definition) is 4. The number of likely N-dealkylation sites (tertiary alicyclic amines) is 1. The number of methoxy groups -OCH3 is 2. The predicted molar refractivity (Wildman–Crippen MR) is 112 cm³/mol. The van der Waals surface area contributed by atoms with E-state index in [1.807, 2.05) is 42.3 Å². The number of amides is 2. The zero-order chi connectivity index (χ0) is 20.1. The summed E-state index contributed by atoms with van der Waals surface area (Å²) in [7, 11) is 7.35. The van der Waals surface area contributed by atoms with Crippen LogP contribution in [0.1, 0.15) is 24.4 Å². The second-order valence-corrected chi connectivity index (χ2v) is 7.51. The van der Waals surface area contributed by atoms with Crippen LogP contribution in [0.5, 0.6) is 5.75 Å². The van der Waals surface area contributed by atoms with Crippen molar-refractivity contribution < 1.29 is 14.3 Å². The molecule has 1 N–H and O–H groups in total. The normalized spacial score (nSPS) is 16.7. The van der Waals surface area contributed by atoms with Gasteiger partial charge in [0.2, 0.25) is 0 Å². The maximum atomic E-state index is 13.0. The maximum Gasteiger partial charge on any atom is 0.317 e. The van der Waals surface area contributed by atoms with Crippen molar-refractivity contribution in [1.29, 1.82) is 0 Å². The summed E-state index contributed by atoms with van der Waals surface area (Å²) in [6.45, 7) is 2.45. The lowest BCUT2D eigenvalue weighted by Crippen LogP contribution is -2.49. The molecule has 0 aromatic heterocycles. The number of ether oxygens (including phenoxy) is 2. The van der Waals surface area contributed by atoms with Gasteiger partial charge in [0.05, 0.1) is 19.8 Å². The van der Waals surface area contributed by atoms with E-state index in [1.165, 1.54) is 0 Å². The van der Waals surface area contributed by atoms with Crippen LogP contribution in [0.3, 0.4) is 0 Å². The molecule has 1 fully saturated rings. The van der Waals surface area contributed by atoms with Crippen LogP contribution >= 0.6 is 0 Å². The summed E-state index contributed by atoms with van der Waals surface area (Å²) in [5.74, 6) is 0.824. The Morgan fingerprint density at radius 3 is 2.50 bits per heavy atom. The smallest absolute Gasteiger partial charge is 0.317 e. The number of hydrogen-bond donors (Lipinski definition) is 1. The summed E-state index contributed by atoms with van der Waals surface area (Å²) in [5.41, 5.74) is 1.03. The molecule has 3 rings (SSSR count). The van der Waals surface area contributed by atoms with E-state index in [9.17, 15) is 4.79 Å². The summed E-state index contributed by atoms with van der Waals surface area (Å²) >= 11 is 0. The number of carbonyl (C=O) groups is 1. The Morgan fingerprint density at radius 1 is 1.18 bits per heavy atom. The summed E-state index contributed by atoms with van der Waals surface area (Å²) in [4.78, 5) is 17.1. The zero-order valence-corrected chi connectivity index (χ0v) is 17.3. The zero-order valence-electron chi connectivity index (χ0n) is 17.3. The second-order valence-electron chi connectivity index (χ2n) is 7.51. The molecule has 0 saturated carbocycles. The van der Waals surface area contributed by atoms with Crippen LogP contribution in [0.15, 0.2) is 36.4 Å². The number of benzene rings is 2. The van der Waals surface area contributed by atoms with Gasteiger partial charge in [-0.25, -0.2) is 4.79 Å². The molecule has 2 aromatic rings. The molecular formula is C22H31N3O3. The third kappa shape index (κ3) is 4.39. The number of rotatable bonds is 6. The van der Waals surface area contributed by atoms with Gasteiger partial charge in [-0.05, 0) is 50.0 Å². The van der Waals surface area contributed by atoms with Crippen LogP contribution in [0.25, 0.3) is 10.8 Å². The van der Waals surface area contributed by atoms with Crippen molar-refractivity contribution in [3.8, 4) is 5.75 Å². The van der Waals surface area contributed by atoms with Gasteiger partial charge < -0.3 is 24.6 Å². The van der Waals surface area contributed by atoms with E-state index >= 15 is 0 Å². The van der Waals surface area contributed by atoms with Crippen molar-refractivity contribution in [1.82, 2.24) is 15.1 Å². The quantitative estimate of drug-likeness (QED) is 0.829. The highest BCUT2D eigenvalue weighted by atomic mass is 16.5. The van der Waals surface area contributed by atoms with Crippen LogP contribution in [0.2, 0.25) is 0 Å². The molecule has 2 amide bonds. The molecule has 1 saturated heterocycles. The third-order valence-electron chi connectivity index (χ3n) is 5.70. The monoisotopic (exact) mass is 385 g/mol. The van der Waals surface area contributed by atoms with Crippen LogP contribution in [0.4, 0.5) is 4.79 Å². The second kappa shape index (κ2) is 9.26. The van der Waals surface area contributed by atoms with E-state index in [4.69, 9.17) is 9.47 Å². The fourth-order valence-corrected chi connectivity index (χ4v) is 3.95. The Bertz CT molecular complexity index is 803. The molecular weight excluding hydrogens is 354 g/mol. The molecule has 152 valence electrons. The van der Waals surface area contributed by atoms with Gasteiger partial charge in [-0.2, -0.15) is 0 Å². The third-order valence-corrected chi connectivity index (χ3v) is 5.70. The van der Waals surface area contributed by atoms with E-state index in [0.29, 0.717) is 6.61 Å². The Balaban J connectivity index is 1.82. The lowest BCUT2D eigenvalue weighted by atomic mass is 9.98. The van der Waals surface area contributed by atoms with E-state index in [1.54, 1.807) is 14.2 Å². The van der Waals surface area contributed by atoms with Gasteiger partial charge in [0.25, 0.3) is 0 Å². The molecule has 0 bridgehead atoms. The fraction of sp³-hybridized carbons (Fsp3) is 0.500. The molecule has 1 heterocycles. The molecule has 0 radical (unpaired) electrons. The van der Waals surface area contributed by atoms with Gasteiger partial charge in [-0.1, -0.05) is 30.3 Å². The number of nitrogens with zero attached hydrogens (tertiary/aromatic N) is 2. The average molecular weight is 386 g/mol. The highest BCUT2D eigenvalue weighted by molar-refractivity contribution is 5.91. The predicted octanol–water partition coefficient (Wildman–Crippen LogP) is 3.27. The van der Waals surface area contributed by atoms with E-state index < -0.39 is 0 Å². The topological polar surface area (TPSA) is 54.0 Å². The van der Waals surface area contributed by atoms with Crippen molar-refractivity contribution in [2.75, 3.05) is 48.0 Å². The Kier molecular flexibility index (Phi) is 6.75. The Morgan fingerprint density at radius 2 is 1.86 bits per heavy atom. The first kappa shape index (κ1) is 20.4. The summed E-state index contributed by atoms with van der Waals surface area (Å²) < 4.78 is 10.9. The molecule has 6 heteroatoms. The highest BCUT2D eigenvalue weighted by Gasteiger charge is 2.26. The Labute approximate surface area is 167 Å². The highest BCUT2D eigenvalue weighted by Crippen LogP contribution is 2.32. The standard InChI is InChI=1S/C22H31N3O3/c1-24-13-11-16(12-14-24)25(2)22(26)23-20(15-27-3)18-9-10-21(28-4)19-8-6-5-7-17(18)19/h5-10,16,20H,11-15H2,1-4H3,(H,23,26). The van der Waals surface area contributed by atoms with E-state index in [2.05, 4.69) is 23.3 Å². The number of urea groups is 1. The van der Waals surface area contributed by atoms with Crippen LogP contribution in [-0.4, -0.2) is 69.9 Å². The molecule has 1 atom stereocenters. The van der Waals surface area contributed by atoms with Crippen molar-refractivity contribution in [2.45, 2.75) is 24.9 Å². The largest absolute Gasteiger partial charge is 0.496 e. The molecule has 6 nitrogen and oxygen atoms in total. The Hall–Kier alpha value is -2.31. The minimum Gasteiger partial charge on any atom is -0.496 e. The molecule has 1 aliphatic heterocycles.